The lowest BCUT2D eigenvalue weighted by atomic mass is 9.98. The van der Waals surface area contributed by atoms with Crippen LogP contribution in [0.1, 0.15) is 18.4 Å². The fraction of sp³-hybridized carbons (Fsp3) is 0.600. The van der Waals surface area contributed by atoms with Crippen LogP contribution in [0, 0.1) is 0 Å². The van der Waals surface area contributed by atoms with E-state index < -0.39 is 0 Å². The summed E-state index contributed by atoms with van der Waals surface area (Å²) in [7, 11) is 2.22. The number of likely N-dealkylation sites (N-methyl/N-ethyl adjacent to an activating group) is 1. The number of rotatable bonds is 3. The van der Waals surface area contributed by atoms with Crippen LogP contribution in [0.3, 0.4) is 0 Å². The van der Waals surface area contributed by atoms with Gasteiger partial charge in [-0.25, -0.2) is 0 Å². The van der Waals surface area contributed by atoms with E-state index in [2.05, 4.69) is 41.5 Å². The summed E-state index contributed by atoms with van der Waals surface area (Å²) in [6.45, 7) is 3.05. The van der Waals surface area contributed by atoms with E-state index in [-0.39, 0.29) is 0 Å². The minimum absolute atomic E-state index is 0.451. The Morgan fingerprint density at radius 2 is 2.28 bits per heavy atom. The van der Waals surface area contributed by atoms with Gasteiger partial charge in [-0.15, -0.1) is 0 Å². The predicted molar refractivity (Wildman–Crippen MR) is 74.0 cm³/mol. The Labute approximate surface area is 109 Å². The van der Waals surface area contributed by atoms with Crippen LogP contribution in [-0.4, -0.2) is 43.8 Å². The Balaban J connectivity index is 1.60. The van der Waals surface area contributed by atoms with Gasteiger partial charge in [-0.05, 0) is 37.9 Å². The van der Waals surface area contributed by atoms with Crippen LogP contribution < -0.4 is 5.32 Å². The summed E-state index contributed by atoms with van der Waals surface area (Å²) in [6, 6.07) is 9.22. The molecule has 1 aromatic carbocycles. The molecule has 3 rings (SSSR count). The molecule has 1 aromatic rings. The first-order chi connectivity index (χ1) is 8.83. The van der Waals surface area contributed by atoms with Gasteiger partial charge in [0.2, 0.25) is 0 Å². The van der Waals surface area contributed by atoms with Gasteiger partial charge in [-0.2, -0.15) is 0 Å². The Morgan fingerprint density at radius 3 is 3.11 bits per heavy atom. The number of para-hydroxylation sites is 1. The van der Waals surface area contributed by atoms with E-state index in [0.717, 1.165) is 26.1 Å². The number of nitrogens with one attached hydrogen (secondary N) is 1. The Hall–Kier alpha value is -1.06. The molecular formula is C15H22N2O. The fourth-order valence-electron chi connectivity index (χ4n) is 2.99. The van der Waals surface area contributed by atoms with Crippen LogP contribution in [0.25, 0.3) is 0 Å². The quantitative estimate of drug-likeness (QED) is 0.884. The number of anilines is 1. The average Bonchev–Trinajstić information content (AvgIpc) is 2.91. The molecule has 0 saturated carbocycles. The Morgan fingerprint density at radius 1 is 1.39 bits per heavy atom. The van der Waals surface area contributed by atoms with Crippen molar-refractivity contribution in [1.82, 2.24) is 4.90 Å². The van der Waals surface area contributed by atoms with Gasteiger partial charge in [-0.1, -0.05) is 18.2 Å². The van der Waals surface area contributed by atoms with Gasteiger partial charge >= 0.3 is 0 Å². The first-order valence-corrected chi connectivity index (χ1v) is 6.96. The van der Waals surface area contributed by atoms with Crippen LogP contribution >= 0.6 is 0 Å². The zero-order chi connectivity index (χ0) is 12.4. The zero-order valence-electron chi connectivity index (χ0n) is 11.1. The normalized spacial score (nSPS) is 27.0. The molecule has 2 aliphatic rings. The van der Waals surface area contributed by atoms with Gasteiger partial charge in [0.25, 0.3) is 0 Å². The van der Waals surface area contributed by atoms with Crippen LogP contribution in [0.4, 0.5) is 5.69 Å². The molecule has 0 aromatic heterocycles. The number of nitrogens with zero attached hydrogens (tertiary/aromatic N) is 1. The van der Waals surface area contributed by atoms with Gasteiger partial charge in [0.1, 0.15) is 0 Å². The Kier molecular flexibility index (Phi) is 3.52. The van der Waals surface area contributed by atoms with Crippen molar-refractivity contribution in [3.8, 4) is 0 Å². The molecule has 0 bridgehead atoms. The van der Waals surface area contributed by atoms with E-state index in [1.807, 2.05) is 0 Å². The molecule has 2 heterocycles. The Bertz CT molecular complexity index is 401. The molecule has 3 nitrogen and oxygen atoms in total. The van der Waals surface area contributed by atoms with Crippen LogP contribution in [0.5, 0.6) is 0 Å². The molecule has 1 saturated heterocycles. The number of hydrogen-bond acceptors (Lipinski definition) is 3. The molecular weight excluding hydrogens is 224 g/mol. The number of hydrogen-bond donors (Lipinski definition) is 1. The van der Waals surface area contributed by atoms with E-state index in [1.165, 1.54) is 24.1 Å². The third-order valence-electron chi connectivity index (χ3n) is 4.14. The minimum atomic E-state index is 0.451. The van der Waals surface area contributed by atoms with Crippen molar-refractivity contribution in [2.24, 2.45) is 0 Å². The second kappa shape index (κ2) is 5.29. The summed E-state index contributed by atoms with van der Waals surface area (Å²) < 4.78 is 5.72. The van der Waals surface area contributed by atoms with Crippen molar-refractivity contribution in [1.29, 1.82) is 0 Å². The van der Waals surface area contributed by atoms with E-state index in [0.29, 0.717) is 12.1 Å². The van der Waals surface area contributed by atoms with E-state index in [1.54, 1.807) is 0 Å². The third kappa shape index (κ3) is 2.52. The maximum absolute atomic E-state index is 5.72. The molecule has 0 amide bonds. The smallest absolute Gasteiger partial charge is 0.0702 e. The summed E-state index contributed by atoms with van der Waals surface area (Å²) in [5.41, 5.74) is 2.74. The average molecular weight is 246 g/mol. The summed E-state index contributed by atoms with van der Waals surface area (Å²) in [4.78, 5) is 2.46. The monoisotopic (exact) mass is 246 g/mol. The second-order valence-electron chi connectivity index (χ2n) is 5.47. The topological polar surface area (TPSA) is 24.5 Å². The lowest BCUT2D eigenvalue weighted by molar-refractivity contribution is 0.0692. The lowest BCUT2D eigenvalue weighted by Crippen LogP contribution is -2.44. The van der Waals surface area contributed by atoms with Gasteiger partial charge < -0.3 is 10.1 Å². The molecule has 2 unspecified atom stereocenters. The highest BCUT2D eigenvalue weighted by Gasteiger charge is 2.25. The van der Waals surface area contributed by atoms with E-state index >= 15 is 0 Å². The first kappa shape index (κ1) is 12.0. The zero-order valence-corrected chi connectivity index (χ0v) is 11.1. The number of benzene rings is 1. The highest BCUT2D eigenvalue weighted by Crippen LogP contribution is 2.24. The second-order valence-corrected chi connectivity index (χ2v) is 5.47. The van der Waals surface area contributed by atoms with Crippen molar-refractivity contribution in [3.63, 3.8) is 0 Å². The number of ether oxygens (including phenoxy) is 1. The summed E-state index contributed by atoms with van der Waals surface area (Å²) in [6.07, 6.45) is 4.05. The minimum Gasteiger partial charge on any atom is -0.383 e. The standard InChI is InChI=1S/C15H22N2O/c1-17(11-14-6-4-8-18-14)13-9-12-5-2-3-7-15(12)16-10-13/h2-3,5,7,13-14,16H,4,6,8-11H2,1H3. The maximum atomic E-state index is 5.72. The fourth-order valence-corrected chi connectivity index (χ4v) is 2.99. The van der Waals surface area contributed by atoms with Gasteiger partial charge in [0, 0.05) is 31.4 Å². The lowest BCUT2D eigenvalue weighted by Gasteiger charge is -2.34. The van der Waals surface area contributed by atoms with Crippen molar-refractivity contribution in [2.75, 3.05) is 32.1 Å². The van der Waals surface area contributed by atoms with Gasteiger partial charge in [-0.3, -0.25) is 4.90 Å². The largest absolute Gasteiger partial charge is 0.383 e. The molecule has 1 fully saturated rings. The molecule has 18 heavy (non-hydrogen) atoms. The molecule has 2 aliphatic heterocycles. The maximum Gasteiger partial charge on any atom is 0.0702 e. The van der Waals surface area contributed by atoms with Crippen LogP contribution in [0.2, 0.25) is 0 Å². The molecule has 0 spiro atoms. The number of fused-ring (bicyclic) bond motifs is 1. The highest BCUT2D eigenvalue weighted by molar-refractivity contribution is 5.53. The molecule has 2 atom stereocenters. The molecule has 3 heteroatoms. The molecule has 0 aliphatic carbocycles. The first-order valence-electron chi connectivity index (χ1n) is 6.96. The summed E-state index contributed by atoms with van der Waals surface area (Å²) in [5.74, 6) is 0. The van der Waals surface area contributed by atoms with Crippen LogP contribution in [-0.2, 0) is 11.2 Å². The molecule has 0 radical (unpaired) electrons. The molecule has 98 valence electrons. The van der Waals surface area contributed by atoms with Gasteiger partial charge in [0.15, 0.2) is 0 Å². The van der Waals surface area contributed by atoms with Crippen molar-refractivity contribution >= 4 is 5.69 Å². The summed E-state index contributed by atoms with van der Waals surface area (Å²) >= 11 is 0. The SMILES string of the molecule is CN(CC1CCCO1)C1CNc2ccccc2C1. The third-order valence-corrected chi connectivity index (χ3v) is 4.14. The van der Waals surface area contributed by atoms with E-state index in [9.17, 15) is 0 Å². The van der Waals surface area contributed by atoms with Crippen molar-refractivity contribution in [2.45, 2.75) is 31.4 Å². The highest BCUT2D eigenvalue weighted by atomic mass is 16.5. The van der Waals surface area contributed by atoms with E-state index in [4.69, 9.17) is 4.74 Å². The van der Waals surface area contributed by atoms with Crippen LogP contribution in [0.15, 0.2) is 24.3 Å². The summed E-state index contributed by atoms with van der Waals surface area (Å²) in [5, 5.41) is 3.54. The van der Waals surface area contributed by atoms with Gasteiger partial charge in [0.05, 0.1) is 6.10 Å². The molecule has 1 N–H and O–H groups in total. The van der Waals surface area contributed by atoms with Crippen molar-refractivity contribution in [3.05, 3.63) is 29.8 Å². The predicted octanol–water partition coefficient (Wildman–Crippen LogP) is 2.13. The van der Waals surface area contributed by atoms with Crippen molar-refractivity contribution < 1.29 is 4.74 Å².